The molecule has 1 heterocycles. The van der Waals surface area contributed by atoms with E-state index in [4.69, 9.17) is 10.5 Å². The minimum atomic E-state index is -0.698. The number of nitrogens with two attached hydrogens (primary N) is 1. The molecule has 0 saturated heterocycles. The second-order valence-corrected chi connectivity index (χ2v) is 8.11. The number of aromatic nitrogens is 2. The van der Waals surface area contributed by atoms with Crippen molar-refractivity contribution in [2.75, 3.05) is 17.7 Å². The minimum Gasteiger partial charge on any atom is -0.390 e. The number of ether oxygens (including phenoxy) is 1. The molecule has 0 spiro atoms. The molecule has 27 heavy (non-hydrogen) atoms. The van der Waals surface area contributed by atoms with Gasteiger partial charge in [0, 0.05) is 25.4 Å². The molecular weight excluding hydrogens is 346 g/mol. The molecule has 8 nitrogen and oxygen atoms in total. The second kappa shape index (κ2) is 8.39. The van der Waals surface area contributed by atoms with Crippen LogP contribution in [0, 0.1) is 0 Å². The number of amides is 1. The van der Waals surface area contributed by atoms with Crippen molar-refractivity contribution >= 4 is 17.7 Å². The van der Waals surface area contributed by atoms with E-state index in [1.807, 2.05) is 6.92 Å². The number of carbonyl (C=O) groups is 1. The zero-order valence-electron chi connectivity index (χ0n) is 16.2. The van der Waals surface area contributed by atoms with Gasteiger partial charge in [-0.25, -0.2) is 4.98 Å². The van der Waals surface area contributed by atoms with Crippen LogP contribution in [0.3, 0.4) is 0 Å². The number of nitrogens with zero attached hydrogens (tertiary/aromatic N) is 2. The number of primary amides is 1. The first-order chi connectivity index (χ1) is 12.9. The van der Waals surface area contributed by atoms with E-state index in [1.54, 1.807) is 7.11 Å². The van der Waals surface area contributed by atoms with Crippen LogP contribution in [0.1, 0.15) is 68.6 Å². The fraction of sp³-hybridized carbons (Fsp3) is 0.737. The normalized spacial score (nSPS) is 31.3. The first-order valence-electron chi connectivity index (χ1n) is 9.81. The van der Waals surface area contributed by atoms with Gasteiger partial charge in [-0.3, -0.25) is 4.79 Å². The fourth-order valence-electron chi connectivity index (χ4n) is 4.15. The lowest BCUT2D eigenvalue weighted by molar-refractivity contribution is 0.0182. The van der Waals surface area contributed by atoms with Crippen molar-refractivity contribution in [3.05, 3.63) is 11.8 Å². The summed E-state index contributed by atoms with van der Waals surface area (Å²) in [6.07, 6.45) is 9.05. The van der Waals surface area contributed by atoms with E-state index in [9.17, 15) is 9.90 Å². The van der Waals surface area contributed by atoms with E-state index >= 15 is 0 Å². The Kier molecular flexibility index (Phi) is 6.16. The van der Waals surface area contributed by atoms with Crippen molar-refractivity contribution in [2.24, 2.45) is 5.73 Å². The van der Waals surface area contributed by atoms with Crippen LogP contribution in [0.5, 0.6) is 0 Å². The fourth-order valence-corrected chi connectivity index (χ4v) is 4.15. The largest absolute Gasteiger partial charge is 0.390 e. The van der Waals surface area contributed by atoms with Crippen molar-refractivity contribution in [1.29, 1.82) is 0 Å². The van der Waals surface area contributed by atoms with E-state index in [-0.39, 0.29) is 11.6 Å². The van der Waals surface area contributed by atoms with E-state index in [0.717, 1.165) is 44.9 Å². The number of nitrogens with one attached hydrogen (secondary N) is 2. The van der Waals surface area contributed by atoms with Crippen molar-refractivity contribution < 1.29 is 14.6 Å². The third kappa shape index (κ3) is 5.29. The van der Waals surface area contributed by atoms with Crippen LogP contribution in [0.4, 0.5) is 11.8 Å². The zero-order chi connectivity index (χ0) is 19.4. The third-order valence-corrected chi connectivity index (χ3v) is 5.69. The van der Waals surface area contributed by atoms with Crippen molar-refractivity contribution in [3.63, 3.8) is 0 Å². The zero-order valence-corrected chi connectivity index (χ0v) is 16.2. The van der Waals surface area contributed by atoms with Crippen molar-refractivity contribution in [2.45, 2.75) is 82.1 Å². The van der Waals surface area contributed by atoms with Crippen LogP contribution < -0.4 is 16.4 Å². The summed E-state index contributed by atoms with van der Waals surface area (Å²) in [7, 11) is 1.75. The molecule has 5 N–H and O–H groups in total. The maximum atomic E-state index is 11.8. The summed E-state index contributed by atoms with van der Waals surface area (Å²) in [5, 5.41) is 17.0. The number of hydrogen-bond acceptors (Lipinski definition) is 7. The lowest BCUT2D eigenvalue weighted by Gasteiger charge is -2.34. The molecule has 2 aliphatic rings. The molecule has 1 aromatic heterocycles. The molecule has 150 valence electrons. The van der Waals surface area contributed by atoms with Gasteiger partial charge in [0.15, 0.2) is 0 Å². The smallest absolute Gasteiger partial charge is 0.254 e. The SMILES string of the molecule is CO[C@H]1CC[C@H](Nc2ncc(C(N)=O)c(N[C@@H]3CCC[C@@](C)(O)C3)n2)CC1. The molecule has 0 radical (unpaired) electrons. The van der Waals surface area contributed by atoms with Crippen LogP contribution >= 0.6 is 0 Å². The minimum absolute atomic E-state index is 0.0479. The molecule has 0 aromatic carbocycles. The summed E-state index contributed by atoms with van der Waals surface area (Å²) >= 11 is 0. The highest BCUT2D eigenvalue weighted by Gasteiger charge is 2.31. The lowest BCUT2D eigenvalue weighted by Crippen LogP contribution is -2.38. The van der Waals surface area contributed by atoms with E-state index < -0.39 is 11.5 Å². The molecule has 0 aliphatic heterocycles. The summed E-state index contributed by atoms with van der Waals surface area (Å²) in [5.74, 6) is 0.367. The molecule has 2 fully saturated rings. The Morgan fingerprint density at radius 2 is 2.00 bits per heavy atom. The highest BCUT2D eigenvalue weighted by Crippen LogP contribution is 2.30. The molecule has 1 amide bonds. The van der Waals surface area contributed by atoms with Gasteiger partial charge in [0.2, 0.25) is 5.95 Å². The standard InChI is InChI=1S/C19H31N5O3/c1-19(26)9-3-4-13(10-19)22-17-15(16(20)25)11-21-18(24-17)23-12-5-7-14(27-2)8-6-12/h11-14,26H,3-10H2,1-2H3,(H2,20,25)(H2,21,22,23,24)/t12-,13-,14-,19-/m1/s1. The second-order valence-electron chi connectivity index (χ2n) is 8.11. The lowest BCUT2D eigenvalue weighted by atomic mass is 9.83. The number of aliphatic hydroxyl groups is 1. The maximum Gasteiger partial charge on any atom is 0.254 e. The summed E-state index contributed by atoms with van der Waals surface area (Å²) < 4.78 is 5.41. The predicted octanol–water partition coefficient (Wildman–Crippen LogP) is 2.05. The number of methoxy groups -OCH3 is 1. The molecule has 0 unspecified atom stereocenters. The van der Waals surface area contributed by atoms with Gasteiger partial charge in [0.1, 0.15) is 5.82 Å². The van der Waals surface area contributed by atoms with Gasteiger partial charge in [-0.05, 0) is 58.3 Å². The van der Waals surface area contributed by atoms with E-state index in [0.29, 0.717) is 30.3 Å². The molecule has 3 rings (SSSR count). The highest BCUT2D eigenvalue weighted by molar-refractivity contribution is 5.97. The van der Waals surface area contributed by atoms with Crippen LogP contribution in [0.25, 0.3) is 0 Å². The van der Waals surface area contributed by atoms with Crippen molar-refractivity contribution in [3.8, 4) is 0 Å². The first kappa shape index (κ1) is 19.8. The monoisotopic (exact) mass is 377 g/mol. The Morgan fingerprint density at radius 1 is 1.26 bits per heavy atom. The summed E-state index contributed by atoms with van der Waals surface area (Å²) in [4.78, 5) is 20.6. The number of hydrogen-bond donors (Lipinski definition) is 4. The van der Waals surface area contributed by atoms with Crippen molar-refractivity contribution in [1.82, 2.24) is 9.97 Å². The maximum absolute atomic E-state index is 11.8. The Morgan fingerprint density at radius 3 is 2.63 bits per heavy atom. The van der Waals surface area contributed by atoms with E-state index in [1.165, 1.54) is 6.20 Å². The summed E-state index contributed by atoms with van der Waals surface area (Å²) in [6.45, 7) is 1.85. The summed E-state index contributed by atoms with van der Waals surface area (Å²) in [5.41, 5.74) is 5.07. The molecule has 0 bridgehead atoms. The van der Waals surface area contributed by atoms with Gasteiger partial charge in [-0.15, -0.1) is 0 Å². The Hall–Kier alpha value is -1.93. The van der Waals surface area contributed by atoms with Crippen LogP contribution in [0.2, 0.25) is 0 Å². The van der Waals surface area contributed by atoms with Gasteiger partial charge >= 0.3 is 0 Å². The molecule has 2 aliphatic carbocycles. The Labute approximate surface area is 160 Å². The Bertz CT molecular complexity index is 659. The van der Waals surface area contributed by atoms with Gasteiger partial charge in [-0.1, -0.05) is 0 Å². The first-order valence-corrected chi connectivity index (χ1v) is 9.81. The quantitative estimate of drug-likeness (QED) is 0.598. The molecule has 2 saturated carbocycles. The van der Waals surface area contributed by atoms with E-state index in [2.05, 4.69) is 20.6 Å². The number of anilines is 2. The van der Waals surface area contributed by atoms with Crippen LogP contribution in [-0.4, -0.2) is 51.9 Å². The molecule has 2 atom stereocenters. The third-order valence-electron chi connectivity index (χ3n) is 5.69. The van der Waals surface area contributed by atoms with Gasteiger partial charge in [-0.2, -0.15) is 4.98 Å². The highest BCUT2D eigenvalue weighted by atomic mass is 16.5. The average molecular weight is 377 g/mol. The molecule has 1 aromatic rings. The molecule has 8 heteroatoms. The number of carbonyl (C=O) groups excluding carboxylic acids is 1. The Balaban J connectivity index is 1.70. The number of rotatable bonds is 6. The van der Waals surface area contributed by atoms with Gasteiger partial charge < -0.3 is 26.2 Å². The summed E-state index contributed by atoms with van der Waals surface area (Å²) in [6, 6.07) is 0.339. The topological polar surface area (TPSA) is 122 Å². The van der Waals surface area contributed by atoms with Crippen LogP contribution in [-0.2, 0) is 4.74 Å². The molecular formula is C19H31N5O3. The average Bonchev–Trinajstić information content (AvgIpc) is 2.61. The van der Waals surface area contributed by atoms with Gasteiger partial charge in [0.05, 0.1) is 17.3 Å². The predicted molar refractivity (Wildman–Crippen MR) is 104 cm³/mol. The van der Waals surface area contributed by atoms with Crippen LogP contribution in [0.15, 0.2) is 6.20 Å². The van der Waals surface area contributed by atoms with Gasteiger partial charge in [0.25, 0.3) is 5.91 Å².